The summed E-state index contributed by atoms with van der Waals surface area (Å²) < 4.78 is 1.39. The molecule has 1 heterocycles. The van der Waals surface area contributed by atoms with Crippen molar-refractivity contribution in [1.29, 1.82) is 5.26 Å². The monoisotopic (exact) mass is 384 g/mol. The minimum Gasteiger partial charge on any atom is -0.308 e. The van der Waals surface area contributed by atoms with E-state index in [-0.39, 0.29) is 27.3 Å². The molecule has 1 amide bonds. The van der Waals surface area contributed by atoms with Crippen LogP contribution in [0.15, 0.2) is 18.3 Å². The number of halogens is 3. The van der Waals surface area contributed by atoms with Crippen molar-refractivity contribution in [2.24, 2.45) is 0 Å². The van der Waals surface area contributed by atoms with Crippen molar-refractivity contribution in [2.75, 3.05) is 5.32 Å². The lowest BCUT2D eigenvalue weighted by Crippen LogP contribution is -2.12. The number of carbonyl (C=O) groups excluding carboxylic acids is 1. The van der Waals surface area contributed by atoms with Crippen molar-refractivity contribution < 1.29 is 4.79 Å². The zero-order chi connectivity index (χ0) is 17.7. The van der Waals surface area contributed by atoms with Crippen molar-refractivity contribution in [2.45, 2.75) is 32.6 Å². The molecule has 24 heavy (non-hydrogen) atoms. The number of amides is 1. The summed E-state index contributed by atoms with van der Waals surface area (Å²) in [5.74, 6) is 0.0200. The van der Waals surface area contributed by atoms with Gasteiger partial charge in [0, 0.05) is 6.42 Å². The molecule has 8 heteroatoms. The molecule has 126 valence electrons. The molecule has 0 aliphatic heterocycles. The number of benzene rings is 1. The van der Waals surface area contributed by atoms with Crippen LogP contribution in [0.2, 0.25) is 15.1 Å². The summed E-state index contributed by atoms with van der Waals surface area (Å²) >= 11 is 18.1. The van der Waals surface area contributed by atoms with Gasteiger partial charge in [-0.05, 0) is 18.6 Å². The third-order valence-corrected chi connectivity index (χ3v) is 4.65. The second-order valence-electron chi connectivity index (χ2n) is 5.15. The molecule has 0 unspecified atom stereocenters. The summed E-state index contributed by atoms with van der Waals surface area (Å²) in [6.07, 6.45) is 4.67. The van der Waals surface area contributed by atoms with Crippen LogP contribution in [0.4, 0.5) is 5.82 Å². The molecule has 5 nitrogen and oxygen atoms in total. The van der Waals surface area contributed by atoms with E-state index < -0.39 is 0 Å². The molecular weight excluding hydrogens is 371 g/mol. The van der Waals surface area contributed by atoms with E-state index in [2.05, 4.69) is 17.3 Å². The van der Waals surface area contributed by atoms with Crippen LogP contribution in [0.3, 0.4) is 0 Å². The van der Waals surface area contributed by atoms with Crippen LogP contribution in [0.1, 0.15) is 38.2 Å². The molecule has 1 aromatic heterocycles. The summed E-state index contributed by atoms with van der Waals surface area (Å²) in [4.78, 5) is 11.9. The Kier molecular flexibility index (Phi) is 6.50. The molecule has 2 aromatic rings. The third kappa shape index (κ3) is 4.21. The normalized spacial score (nSPS) is 10.5. The van der Waals surface area contributed by atoms with Crippen LogP contribution in [-0.2, 0) is 4.79 Å². The van der Waals surface area contributed by atoms with Gasteiger partial charge < -0.3 is 5.32 Å². The molecule has 2 rings (SSSR count). The number of nitriles is 1. The first-order valence-electron chi connectivity index (χ1n) is 7.41. The lowest BCUT2D eigenvalue weighted by molar-refractivity contribution is -0.116. The molecule has 1 aromatic carbocycles. The zero-order valence-electron chi connectivity index (χ0n) is 12.9. The van der Waals surface area contributed by atoms with E-state index in [1.165, 1.54) is 10.9 Å². The Bertz CT molecular complexity index is 795. The van der Waals surface area contributed by atoms with Gasteiger partial charge in [-0.1, -0.05) is 54.6 Å². The van der Waals surface area contributed by atoms with Gasteiger partial charge in [0.2, 0.25) is 5.91 Å². The molecule has 0 atom stereocenters. The largest absolute Gasteiger partial charge is 0.308 e. The summed E-state index contributed by atoms with van der Waals surface area (Å²) in [6.45, 7) is 2.06. The highest BCUT2D eigenvalue weighted by Gasteiger charge is 2.16. The third-order valence-electron chi connectivity index (χ3n) is 3.36. The number of unbranched alkanes of at least 4 members (excludes halogenated alkanes) is 2. The number of nitrogens with one attached hydrogen (secondary N) is 1. The highest BCUT2D eigenvalue weighted by atomic mass is 35.5. The van der Waals surface area contributed by atoms with Crippen LogP contribution < -0.4 is 5.32 Å². The Hall–Kier alpha value is -1.74. The van der Waals surface area contributed by atoms with E-state index in [4.69, 9.17) is 34.8 Å². The molecule has 0 saturated carbocycles. The molecule has 0 aliphatic rings. The first-order valence-corrected chi connectivity index (χ1v) is 8.54. The van der Waals surface area contributed by atoms with E-state index in [9.17, 15) is 10.1 Å². The molecule has 0 spiro atoms. The van der Waals surface area contributed by atoms with Crippen molar-refractivity contribution >= 4 is 46.5 Å². The number of hydrogen-bond acceptors (Lipinski definition) is 3. The predicted octanol–water partition coefficient (Wildman–Crippen LogP) is 5.22. The van der Waals surface area contributed by atoms with Crippen LogP contribution >= 0.6 is 34.8 Å². The number of rotatable bonds is 6. The quantitative estimate of drug-likeness (QED) is 0.547. The van der Waals surface area contributed by atoms with Gasteiger partial charge in [-0.15, -0.1) is 5.10 Å². The standard InChI is InChI=1S/C16H15Cl3N4O/c1-2-3-4-5-13(24)21-16-10(8-20)9-23(22-16)12-7-6-11(17)14(18)15(12)19/h6-7,9H,2-5H2,1H3,(H,21,22,24). The lowest BCUT2D eigenvalue weighted by Gasteiger charge is -2.07. The molecule has 0 bridgehead atoms. The van der Waals surface area contributed by atoms with Crippen LogP contribution in [0, 0.1) is 11.3 Å². The van der Waals surface area contributed by atoms with Crippen LogP contribution in [-0.4, -0.2) is 15.7 Å². The second kappa shape index (κ2) is 8.39. The minimum atomic E-state index is -0.176. The molecular formula is C16H15Cl3N4O. The summed E-state index contributed by atoms with van der Waals surface area (Å²) in [6, 6.07) is 5.23. The first kappa shape index (κ1) is 18.6. The highest BCUT2D eigenvalue weighted by molar-refractivity contribution is 6.48. The first-order chi connectivity index (χ1) is 11.5. The van der Waals surface area contributed by atoms with E-state index in [1.54, 1.807) is 12.1 Å². The summed E-state index contributed by atoms with van der Waals surface area (Å²) in [5.41, 5.74) is 0.704. The van der Waals surface area contributed by atoms with Gasteiger partial charge >= 0.3 is 0 Å². The van der Waals surface area contributed by atoms with Crippen molar-refractivity contribution in [3.8, 4) is 11.8 Å². The number of anilines is 1. The van der Waals surface area contributed by atoms with Crippen LogP contribution in [0.25, 0.3) is 5.69 Å². The zero-order valence-corrected chi connectivity index (χ0v) is 15.2. The Labute approximate surface area is 155 Å². The Morgan fingerprint density at radius 3 is 2.71 bits per heavy atom. The van der Waals surface area contributed by atoms with E-state index >= 15 is 0 Å². The molecule has 0 fully saturated rings. The van der Waals surface area contributed by atoms with Crippen molar-refractivity contribution in [1.82, 2.24) is 9.78 Å². The molecule has 1 N–H and O–H groups in total. The van der Waals surface area contributed by atoms with Gasteiger partial charge in [0.25, 0.3) is 0 Å². The maximum atomic E-state index is 11.9. The molecule has 0 saturated heterocycles. The average molecular weight is 386 g/mol. The van der Waals surface area contributed by atoms with Gasteiger partial charge in [0.1, 0.15) is 11.6 Å². The molecule has 0 radical (unpaired) electrons. The fraction of sp³-hybridized carbons (Fsp3) is 0.312. The summed E-state index contributed by atoms with van der Waals surface area (Å²) in [5, 5.41) is 16.9. The van der Waals surface area contributed by atoms with E-state index in [1.807, 2.05) is 6.07 Å². The number of carbonyl (C=O) groups is 1. The van der Waals surface area contributed by atoms with E-state index in [0.29, 0.717) is 17.1 Å². The Balaban J connectivity index is 2.26. The fourth-order valence-corrected chi connectivity index (χ4v) is 2.71. The van der Waals surface area contributed by atoms with Crippen molar-refractivity contribution in [3.05, 3.63) is 39.0 Å². The Morgan fingerprint density at radius 1 is 1.29 bits per heavy atom. The highest BCUT2D eigenvalue weighted by Crippen LogP contribution is 2.34. The number of hydrogen-bond donors (Lipinski definition) is 1. The van der Waals surface area contributed by atoms with Crippen molar-refractivity contribution in [3.63, 3.8) is 0 Å². The van der Waals surface area contributed by atoms with Gasteiger partial charge in [0.15, 0.2) is 5.82 Å². The second-order valence-corrected chi connectivity index (χ2v) is 6.31. The predicted molar refractivity (Wildman–Crippen MR) is 96.1 cm³/mol. The average Bonchev–Trinajstić information content (AvgIpc) is 2.95. The van der Waals surface area contributed by atoms with Crippen LogP contribution in [0.5, 0.6) is 0 Å². The number of aromatic nitrogens is 2. The van der Waals surface area contributed by atoms with Gasteiger partial charge in [-0.2, -0.15) is 5.26 Å². The number of nitrogens with zero attached hydrogens (tertiary/aromatic N) is 3. The smallest absolute Gasteiger partial charge is 0.225 e. The molecule has 0 aliphatic carbocycles. The fourth-order valence-electron chi connectivity index (χ4n) is 2.09. The van der Waals surface area contributed by atoms with E-state index in [0.717, 1.165) is 19.3 Å². The topological polar surface area (TPSA) is 70.7 Å². The van der Waals surface area contributed by atoms with Gasteiger partial charge in [-0.3, -0.25) is 4.79 Å². The van der Waals surface area contributed by atoms with Gasteiger partial charge in [0.05, 0.1) is 27.0 Å². The lowest BCUT2D eigenvalue weighted by atomic mass is 10.2. The maximum absolute atomic E-state index is 11.9. The SMILES string of the molecule is CCCCCC(=O)Nc1nn(-c2ccc(Cl)c(Cl)c2Cl)cc1C#N. The minimum absolute atomic E-state index is 0.176. The van der Waals surface area contributed by atoms with Gasteiger partial charge in [-0.25, -0.2) is 4.68 Å². The Morgan fingerprint density at radius 2 is 2.04 bits per heavy atom. The summed E-state index contributed by atoms with van der Waals surface area (Å²) in [7, 11) is 0. The maximum Gasteiger partial charge on any atom is 0.225 e.